The van der Waals surface area contributed by atoms with Crippen molar-refractivity contribution in [3.63, 3.8) is 0 Å². The predicted octanol–water partition coefficient (Wildman–Crippen LogP) is 4.42. The van der Waals surface area contributed by atoms with Crippen molar-refractivity contribution in [1.29, 1.82) is 0 Å². The molecule has 4 rings (SSSR count). The number of benzene rings is 1. The number of carbonyl (C=O) groups is 3. The van der Waals surface area contributed by atoms with Crippen LogP contribution in [0.2, 0.25) is 0 Å². The maximum Gasteiger partial charge on any atom is 0.410 e. The summed E-state index contributed by atoms with van der Waals surface area (Å²) in [7, 11) is 0. The van der Waals surface area contributed by atoms with Crippen molar-refractivity contribution in [2.45, 2.75) is 70.1 Å². The van der Waals surface area contributed by atoms with Gasteiger partial charge in [-0.05, 0) is 70.7 Å². The molecule has 12 heteroatoms. The second kappa shape index (κ2) is 13.2. The Morgan fingerprint density at radius 2 is 2.05 bits per heavy atom. The zero-order chi connectivity index (χ0) is 29.6. The number of hydrogen-bond acceptors (Lipinski definition) is 8. The van der Waals surface area contributed by atoms with Crippen LogP contribution >= 0.6 is 11.9 Å². The molecule has 2 aliphatic rings. The van der Waals surface area contributed by atoms with Crippen molar-refractivity contribution in [1.82, 2.24) is 19.9 Å². The van der Waals surface area contributed by atoms with E-state index in [-0.39, 0.29) is 42.5 Å². The van der Waals surface area contributed by atoms with Crippen LogP contribution in [0.4, 0.5) is 9.18 Å². The van der Waals surface area contributed by atoms with Crippen LogP contribution in [0.15, 0.2) is 52.9 Å². The molecule has 2 aliphatic heterocycles. The molecule has 0 saturated carbocycles. The average molecular weight is 587 g/mol. The van der Waals surface area contributed by atoms with Gasteiger partial charge in [0, 0.05) is 41.7 Å². The highest BCUT2D eigenvalue weighted by Crippen LogP contribution is 2.27. The summed E-state index contributed by atoms with van der Waals surface area (Å²) in [6, 6.07) is 6.17. The molecular formula is C29H35FN4O6S. The third-order valence-electron chi connectivity index (χ3n) is 6.55. The van der Waals surface area contributed by atoms with Gasteiger partial charge in [0.25, 0.3) is 11.8 Å². The number of carbonyl (C=O) groups excluding carboxylic acids is 3. The molecular weight excluding hydrogens is 551 g/mol. The first-order valence-electron chi connectivity index (χ1n) is 13.4. The van der Waals surface area contributed by atoms with Gasteiger partial charge in [-0.3, -0.25) is 19.3 Å². The van der Waals surface area contributed by atoms with Crippen LogP contribution in [0.1, 0.15) is 51.2 Å². The summed E-state index contributed by atoms with van der Waals surface area (Å²) in [6.45, 7) is 8.33. The van der Waals surface area contributed by atoms with Gasteiger partial charge < -0.3 is 24.4 Å². The Morgan fingerprint density at radius 3 is 2.83 bits per heavy atom. The van der Waals surface area contributed by atoms with Crippen molar-refractivity contribution in [2.75, 3.05) is 19.7 Å². The van der Waals surface area contributed by atoms with Crippen molar-refractivity contribution >= 4 is 29.9 Å². The van der Waals surface area contributed by atoms with Gasteiger partial charge in [0.05, 0.1) is 12.2 Å². The second-order valence-electron chi connectivity index (χ2n) is 10.8. The molecule has 3 amide bonds. The van der Waals surface area contributed by atoms with E-state index < -0.39 is 17.4 Å². The summed E-state index contributed by atoms with van der Waals surface area (Å²) in [5.74, 6) is -0.843. The monoisotopic (exact) mass is 586 g/mol. The Labute approximate surface area is 243 Å². The highest BCUT2D eigenvalue weighted by Gasteiger charge is 2.33. The van der Waals surface area contributed by atoms with Gasteiger partial charge in [0.15, 0.2) is 0 Å². The van der Waals surface area contributed by atoms with Gasteiger partial charge >= 0.3 is 6.09 Å². The number of aromatic nitrogens is 1. The molecule has 0 aliphatic carbocycles. The van der Waals surface area contributed by atoms with Crippen LogP contribution in [-0.2, 0) is 25.7 Å². The lowest BCUT2D eigenvalue weighted by molar-refractivity contribution is -0.123. The lowest BCUT2D eigenvalue weighted by atomic mass is 10.1. The fraction of sp³-hybridized carbons (Fsp3) is 0.448. The number of pyridine rings is 1. The van der Waals surface area contributed by atoms with E-state index in [2.05, 4.69) is 15.0 Å². The number of likely N-dealkylation sites (tertiary alicyclic amines) is 1. The summed E-state index contributed by atoms with van der Waals surface area (Å²) < 4.78 is 34.1. The lowest BCUT2D eigenvalue weighted by Gasteiger charge is -2.28. The van der Waals surface area contributed by atoms with Gasteiger partial charge in [-0.1, -0.05) is 6.07 Å². The number of amides is 3. The summed E-state index contributed by atoms with van der Waals surface area (Å²) in [6.07, 6.45) is 4.78. The van der Waals surface area contributed by atoms with Crippen LogP contribution in [0.25, 0.3) is 0 Å². The Hall–Kier alpha value is -3.80. The van der Waals surface area contributed by atoms with E-state index in [1.165, 1.54) is 6.07 Å². The van der Waals surface area contributed by atoms with E-state index in [0.717, 1.165) is 24.8 Å². The zero-order valence-corrected chi connectivity index (χ0v) is 24.4. The molecule has 1 aromatic carbocycles. The quantitative estimate of drug-likeness (QED) is 0.328. The number of nitrogens with one attached hydrogen (secondary N) is 2. The number of hydrogen-bond donors (Lipinski definition) is 2. The lowest BCUT2D eigenvalue weighted by Crippen LogP contribution is -2.42. The average Bonchev–Trinajstić information content (AvgIpc) is 3.40. The fourth-order valence-corrected chi connectivity index (χ4v) is 5.13. The zero-order valence-electron chi connectivity index (χ0n) is 23.6. The molecule has 0 unspecified atom stereocenters. The molecule has 2 aromatic rings. The molecule has 1 aromatic heterocycles. The fourth-order valence-electron chi connectivity index (χ4n) is 4.43. The maximum atomic E-state index is 13.9. The van der Waals surface area contributed by atoms with E-state index >= 15 is 0 Å². The Morgan fingerprint density at radius 1 is 1.24 bits per heavy atom. The van der Waals surface area contributed by atoms with Crippen molar-refractivity contribution in [3.8, 4) is 5.75 Å². The van der Waals surface area contributed by atoms with Crippen molar-refractivity contribution in [3.05, 3.63) is 64.9 Å². The molecule has 1 atom stereocenters. The van der Waals surface area contributed by atoms with E-state index in [1.54, 1.807) is 42.4 Å². The standard InChI is InChI=1S/C29H35FN4O6S/c1-18-21(30)8-5-9-24(18)41-33-27(36)25-22(11-13-32-26(25)35)38-16-19-10-12-31-15-23(19)39-17-20-7-6-14-34(20)28(37)40-29(2,3)4/h5,8-10,12,15,20H,6-7,11,13-14,16-17H2,1-4H3,(H,32,35)(H,33,36)/t20-/m0/s1. The van der Waals surface area contributed by atoms with Crippen LogP contribution in [0.3, 0.4) is 0 Å². The SMILES string of the molecule is Cc1c(F)cccc1SNC(=O)C1=C(OCc2ccncc2OC[C@@H]2CCCN2C(=O)OC(C)(C)C)CCNC1=O. The first kappa shape index (κ1) is 30.2. The predicted molar refractivity (Wildman–Crippen MR) is 150 cm³/mol. The highest BCUT2D eigenvalue weighted by molar-refractivity contribution is 7.98. The normalized spacial score (nSPS) is 17.2. The van der Waals surface area contributed by atoms with E-state index in [9.17, 15) is 18.8 Å². The van der Waals surface area contributed by atoms with Gasteiger partial charge in [-0.2, -0.15) is 0 Å². The molecule has 1 saturated heterocycles. The Balaban J connectivity index is 1.41. The minimum Gasteiger partial charge on any atom is -0.492 e. The van der Waals surface area contributed by atoms with E-state index in [0.29, 0.717) is 41.3 Å². The molecule has 41 heavy (non-hydrogen) atoms. The van der Waals surface area contributed by atoms with Crippen LogP contribution in [-0.4, -0.2) is 59.1 Å². The Bertz CT molecular complexity index is 1330. The number of halogens is 1. The molecule has 0 radical (unpaired) electrons. The minimum absolute atomic E-state index is 0.0356. The summed E-state index contributed by atoms with van der Waals surface area (Å²) in [5, 5.41) is 2.67. The molecule has 220 valence electrons. The number of nitrogens with zero attached hydrogens (tertiary/aromatic N) is 2. The largest absolute Gasteiger partial charge is 0.492 e. The molecule has 2 N–H and O–H groups in total. The van der Waals surface area contributed by atoms with E-state index in [4.69, 9.17) is 14.2 Å². The van der Waals surface area contributed by atoms with Crippen molar-refractivity contribution < 1.29 is 33.0 Å². The summed E-state index contributed by atoms with van der Waals surface area (Å²) in [4.78, 5) is 44.6. The van der Waals surface area contributed by atoms with Crippen LogP contribution in [0.5, 0.6) is 5.75 Å². The van der Waals surface area contributed by atoms with Crippen LogP contribution < -0.4 is 14.8 Å². The topological polar surface area (TPSA) is 119 Å². The van der Waals surface area contributed by atoms with Gasteiger partial charge in [-0.15, -0.1) is 0 Å². The second-order valence-corrected chi connectivity index (χ2v) is 11.6. The molecule has 0 spiro atoms. The van der Waals surface area contributed by atoms with E-state index in [1.807, 2.05) is 20.8 Å². The maximum absolute atomic E-state index is 13.9. The number of ether oxygens (including phenoxy) is 3. The first-order valence-corrected chi connectivity index (χ1v) is 14.3. The van der Waals surface area contributed by atoms with Gasteiger partial charge in [-0.25, -0.2) is 9.18 Å². The highest BCUT2D eigenvalue weighted by atomic mass is 32.2. The molecule has 0 bridgehead atoms. The van der Waals surface area contributed by atoms with Gasteiger partial charge in [0.1, 0.15) is 41.7 Å². The third-order valence-corrected chi connectivity index (χ3v) is 7.50. The smallest absolute Gasteiger partial charge is 0.410 e. The Kier molecular flexibility index (Phi) is 9.74. The molecule has 10 nitrogen and oxygen atoms in total. The van der Waals surface area contributed by atoms with Crippen LogP contribution in [0, 0.1) is 12.7 Å². The van der Waals surface area contributed by atoms with Crippen molar-refractivity contribution in [2.24, 2.45) is 0 Å². The summed E-state index contributed by atoms with van der Waals surface area (Å²) >= 11 is 0.933. The third kappa shape index (κ3) is 7.90. The first-order chi connectivity index (χ1) is 19.5. The molecule has 3 heterocycles. The molecule has 1 fully saturated rings. The summed E-state index contributed by atoms with van der Waals surface area (Å²) in [5.41, 5.74) is 0.350. The van der Waals surface area contributed by atoms with Gasteiger partial charge in [0.2, 0.25) is 0 Å². The minimum atomic E-state index is -0.638. The number of rotatable bonds is 9.